The Morgan fingerprint density at radius 1 is 1.27 bits per heavy atom. The highest BCUT2D eigenvalue weighted by Gasteiger charge is 2.25. The van der Waals surface area contributed by atoms with Gasteiger partial charge < -0.3 is 9.84 Å². The van der Waals surface area contributed by atoms with Crippen molar-refractivity contribution >= 4 is 41.3 Å². The topological polar surface area (TPSA) is 84.7 Å². The summed E-state index contributed by atoms with van der Waals surface area (Å²) in [5.41, 5.74) is 1.41. The van der Waals surface area contributed by atoms with E-state index in [1.807, 2.05) is 0 Å². The monoisotopic (exact) mass is 493 g/mol. The summed E-state index contributed by atoms with van der Waals surface area (Å²) in [7, 11) is -2.02. The van der Waals surface area contributed by atoms with Crippen LogP contribution in [0, 0.1) is 6.92 Å². The predicted octanol–water partition coefficient (Wildman–Crippen LogP) is 4.14. The van der Waals surface area contributed by atoms with Crippen LogP contribution in [0.1, 0.15) is 22.9 Å². The Morgan fingerprint density at radius 2 is 1.90 bits per heavy atom. The van der Waals surface area contributed by atoms with Gasteiger partial charge in [0.15, 0.2) is 0 Å². The molecule has 0 aliphatic carbocycles. The maximum absolute atomic E-state index is 12.3. The maximum Gasteiger partial charge on any atom is 0.244 e. The molecule has 30 heavy (non-hydrogen) atoms. The van der Waals surface area contributed by atoms with Crippen LogP contribution in [-0.2, 0) is 21.5 Å². The minimum Gasteiger partial charge on any atom is -0.383 e. The van der Waals surface area contributed by atoms with Crippen molar-refractivity contribution in [1.29, 1.82) is 0 Å². The molecule has 1 aromatic carbocycles. The second-order valence-corrected chi connectivity index (χ2v) is 17.0. The van der Waals surface area contributed by atoms with Gasteiger partial charge in [-0.1, -0.05) is 48.9 Å². The molecule has 2 aromatic rings. The Labute approximate surface area is 189 Å². The SMILES string of the molecule is Cc1nn(COCC[Si](C)(C)C)c(Cl)c1C(O)c1ccc(S(=O)(=O)N(C)C)c(Cl)c1. The highest BCUT2D eigenvalue weighted by molar-refractivity contribution is 7.89. The molecule has 168 valence electrons. The average Bonchev–Trinajstić information content (AvgIpc) is 2.90. The molecule has 0 amide bonds. The van der Waals surface area contributed by atoms with Crippen LogP contribution in [0.4, 0.5) is 0 Å². The Kier molecular flexibility index (Phi) is 8.17. The second-order valence-electron chi connectivity index (χ2n) is 8.52. The third-order valence-corrected chi connectivity index (χ3v) is 9.02. The lowest BCUT2D eigenvalue weighted by atomic mass is 10.0. The first kappa shape index (κ1) is 25.3. The van der Waals surface area contributed by atoms with Gasteiger partial charge in [-0.2, -0.15) is 5.10 Å². The fourth-order valence-corrected chi connectivity index (χ4v) is 5.26. The summed E-state index contributed by atoms with van der Waals surface area (Å²) in [6.07, 6.45) is -1.11. The first-order chi connectivity index (χ1) is 13.8. The lowest BCUT2D eigenvalue weighted by Crippen LogP contribution is -2.22. The van der Waals surface area contributed by atoms with E-state index in [0.717, 1.165) is 10.3 Å². The molecule has 0 saturated heterocycles. The van der Waals surface area contributed by atoms with Gasteiger partial charge in [-0.05, 0) is 30.7 Å². The number of aliphatic hydroxyl groups excluding tert-OH is 1. The Bertz CT molecular complexity index is 1000. The molecule has 0 saturated carbocycles. The molecule has 2 rings (SSSR count). The van der Waals surface area contributed by atoms with Gasteiger partial charge in [0.05, 0.1) is 10.7 Å². The molecule has 0 aliphatic rings. The van der Waals surface area contributed by atoms with Crippen LogP contribution in [0.2, 0.25) is 35.9 Å². The van der Waals surface area contributed by atoms with Crippen LogP contribution in [0.3, 0.4) is 0 Å². The van der Waals surface area contributed by atoms with Crippen molar-refractivity contribution in [3.8, 4) is 0 Å². The largest absolute Gasteiger partial charge is 0.383 e. The first-order valence-electron chi connectivity index (χ1n) is 9.46. The lowest BCUT2D eigenvalue weighted by Gasteiger charge is -2.16. The van der Waals surface area contributed by atoms with E-state index in [4.69, 9.17) is 27.9 Å². The molecule has 0 bridgehead atoms. The van der Waals surface area contributed by atoms with Gasteiger partial charge in [-0.15, -0.1) is 0 Å². The predicted molar refractivity (Wildman–Crippen MR) is 122 cm³/mol. The zero-order valence-corrected chi connectivity index (χ0v) is 21.4. The van der Waals surface area contributed by atoms with Crippen molar-refractivity contribution in [2.75, 3.05) is 20.7 Å². The van der Waals surface area contributed by atoms with Crippen LogP contribution >= 0.6 is 23.2 Å². The minimum absolute atomic E-state index is 0.0242. The van der Waals surface area contributed by atoms with E-state index in [1.165, 1.54) is 37.0 Å². The lowest BCUT2D eigenvalue weighted by molar-refractivity contribution is 0.0784. The second kappa shape index (κ2) is 9.68. The molecule has 1 N–H and O–H groups in total. The number of aryl methyl sites for hydroxylation is 1. The highest BCUT2D eigenvalue weighted by Crippen LogP contribution is 2.34. The summed E-state index contributed by atoms with van der Waals surface area (Å²) in [6, 6.07) is 5.36. The Hall–Kier alpha value is -0.943. The van der Waals surface area contributed by atoms with Crippen LogP contribution in [0.25, 0.3) is 0 Å². The average molecular weight is 495 g/mol. The van der Waals surface area contributed by atoms with Crippen molar-refractivity contribution in [2.24, 2.45) is 0 Å². The number of aliphatic hydroxyl groups is 1. The van der Waals surface area contributed by atoms with Gasteiger partial charge >= 0.3 is 0 Å². The first-order valence-corrected chi connectivity index (χ1v) is 15.4. The van der Waals surface area contributed by atoms with Crippen LogP contribution in [-0.4, -0.2) is 56.4 Å². The van der Waals surface area contributed by atoms with Gasteiger partial charge in [-0.3, -0.25) is 0 Å². The molecule has 0 aliphatic heterocycles. The van der Waals surface area contributed by atoms with Crippen molar-refractivity contribution in [2.45, 2.75) is 50.3 Å². The number of aromatic nitrogens is 2. The summed E-state index contributed by atoms with van der Waals surface area (Å²) >= 11 is 12.7. The van der Waals surface area contributed by atoms with Crippen LogP contribution in [0.15, 0.2) is 23.1 Å². The molecule has 0 spiro atoms. The quantitative estimate of drug-likeness (QED) is 0.418. The Morgan fingerprint density at radius 3 is 2.43 bits per heavy atom. The number of nitrogens with zero attached hydrogens (tertiary/aromatic N) is 3. The van der Waals surface area contributed by atoms with Crippen molar-refractivity contribution in [3.63, 3.8) is 0 Å². The number of benzene rings is 1. The number of ether oxygens (including phenoxy) is 1. The molecule has 1 unspecified atom stereocenters. The molecule has 11 heteroatoms. The fourth-order valence-electron chi connectivity index (χ4n) is 2.75. The van der Waals surface area contributed by atoms with Gasteiger partial charge in [0.1, 0.15) is 22.9 Å². The van der Waals surface area contributed by atoms with E-state index in [-0.39, 0.29) is 21.8 Å². The van der Waals surface area contributed by atoms with Crippen molar-refractivity contribution in [3.05, 3.63) is 45.2 Å². The van der Waals surface area contributed by atoms with Crippen molar-refractivity contribution in [1.82, 2.24) is 14.1 Å². The summed E-state index contributed by atoms with van der Waals surface area (Å²) in [5.74, 6) is 0. The molecular weight excluding hydrogens is 465 g/mol. The third-order valence-electron chi connectivity index (χ3n) is 4.62. The van der Waals surface area contributed by atoms with Gasteiger partial charge in [0.25, 0.3) is 0 Å². The molecular formula is C19H29Cl2N3O4SSi. The summed E-state index contributed by atoms with van der Waals surface area (Å²) in [5, 5.41) is 15.5. The summed E-state index contributed by atoms with van der Waals surface area (Å²) < 4.78 is 33.0. The molecule has 1 heterocycles. The number of halogens is 2. The van der Waals surface area contributed by atoms with E-state index in [2.05, 4.69) is 24.7 Å². The van der Waals surface area contributed by atoms with E-state index in [9.17, 15) is 13.5 Å². The standard InChI is InChI=1S/C19H29Cl2N3O4SSi/c1-13-17(19(21)24(22-13)12-28-9-10-30(4,5)6)18(25)14-7-8-16(15(20)11-14)29(26,27)23(2)3/h7-8,11,18,25H,9-10,12H2,1-6H3. The number of hydrogen-bond donors (Lipinski definition) is 1. The summed E-state index contributed by atoms with van der Waals surface area (Å²) in [4.78, 5) is -0.0283. The van der Waals surface area contributed by atoms with E-state index < -0.39 is 24.2 Å². The minimum atomic E-state index is -3.69. The maximum atomic E-state index is 12.3. The van der Waals surface area contributed by atoms with Gasteiger partial charge in [0.2, 0.25) is 10.0 Å². The van der Waals surface area contributed by atoms with E-state index in [1.54, 1.807) is 6.92 Å². The molecule has 1 atom stereocenters. The van der Waals surface area contributed by atoms with Gasteiger partial charge in [0, 0.05) is 34.3 Å². The fraction of sp³-hybridized carbons (Fsp3) is 0.526. The summed E-state index contributed by atoms with van der Waals surface area (Å²) in [6.45, 7) is 9.38. The van der Waals surface area contributed by atoms with Crippen LogP contribution < -0.4 is 0 Å². The number of sulfonamides is 1. The number of hydrogen-bond acceptors (Lipinski definition) is 5. The van der Waals surface area contributed by atoms with E-state index >= 15 is 0 Å². The zero-order valence-electron chi connectivity index (χ0n) is 18.1. The van der Waals surface area contributed by atoms with E-state index in [0.29, 0.717) is 23.4 Å². The van der Waals surface area contributed by atoms with Crippen molar-refractivity contribution < 1.29 is 18.3 Å². The smallest absolute Gasteiger partial charge is 0.244 e. The zero-order chi connectivity index (χ0) is 22.9. The molecule has 7 nitrogen and oxygen atoms in total. The third kappa shape index (κ3) is 5.85. The van der Waals surface area contributed by atoms with Crippen LogP contribution in [0.5, 0.6) is 0 Å². The van der Waals surface area contributed by atoms with Gasteiger partial charge in [-0.25, -0.2) is 17.4 Å². The molecule has 1 aromatic heterocycles. The number of rotatable bonds is 9. The Balaban J connectivity index is 2.24. The normalized spacial score (nSPS) is 13.8. The molecule has 0 fully saturated rings. The highest BCUT2D eigenvalue weighted by atomic mass is 35.5. The molecule has 0 radical (unpaired) electrons.